The lowest BCUT2D eigenvalue weighted by molar-refractivity contribution is -0.134. The second kappa shape index (κ2) is 10.5. The van der Waals surface area contributed by atoms with E-state index in [4.69, 9.17) is 4.98 Å². The van der Waals surface area contributed by atoms with E-state index < -0.39 is 5.92 Å². The van der Waals surface area contributed by atoms with Crippen molar-refractivity contribution in [3.05, 3.63) is 112 Å². The Morgan fingerprint density at radius 2 is 1.44 bits per heavy atom. The molecule has 4 rings (SSSR count). The third kappa shape index (κ3) is 4.51. The van der Waals surface area contributed by atoms with E-state index >= 15 is 0 Å². The van der Waals surface area contributed by atoms with E-state index in [0.29, 0.717) is 29.8 Å². The largest absolute Gasteiger partial charge is 0.332 e. The van der Waals surface area contributed by atoms with Crippen LogP contribution in [0.15, 0.2) is 89.7 Å². The smallest absolute Gasteiger partial charge is 0.261 e. The van der Waals surface area contributed by atoms with Gasteiger partial charge < -0.3 is 4.90 Å². The lowest BCUT2D eigenvalue weighted by Crippen LogP contribution is -2.40. The summed E-state index contributed by atoms with van der Waals surface area (Å²) in [5.41, 5.74) is 2.50. The zero-order chi connectivity index (χ0) is 24.1. The summed E-state index contributed by atoms with van der Waals surface area (Å²) in [6.07, 6.45) is 0.802. The van der Waals surface area contributed by atoms with Crippen molar-refractivity contribution in [2.75, 3.05) is 6.54 Å². The molecular formula is C29H31N3O2. The summed E-state index contributed by atoms with van der Waals surface area (Å²) < 4.78 is 1.74. The van der Waals surface area contributed by atoms with Crippen molar-refractivity contribution in [1.29, 1.82) is 0 Å². The van der Waals surface area contributed by atoms with Crippen molar-refractivity contribution in [2.24, 2.45) is 0 Å². The van der Waals surface area contributed by atoms with Gasteiger partial charge in [0.1, 0.15) is 5.82 Å². The molecule has 1 amide bonds. The van der Waals surface area contributed by atoms with Crippen LogP contribution in [0.1, 0.15) is 56.1 Å². The quantitative estimate of drug-likeness (QED) is 0.352. The van der Waals surface area contributed by atoms with Gasteiger partial charge >= 0.3 is 0 Å². The molecule has 0 fully saturated rings. The molecule has 1 atom stereocenters. The number of rotatable bonds is 8. The van der Waals surface area contributed by atoms with Crippen LogP contribution in [-0.2, 0) is 11.3 Å². The number of fused-ring (bicyclic) bond motifs is 1. The molecule has 174 valence electrons. The fourth-order valence-corrected chi connectivity index (χ4v) is 4.64. The van der Waals surface area contributed by atoms with Crippen molar-refractivity contribution in [2.45, 2.75) is 45.7 Å². The van der Waals surface area contributed by atoms with Crippen LogP contribution in [0.25, 0.3) is 10.9 Å². The average molecular weight is 454 g/mol. The molecule has 0 aliphatic carbocycles. The number of hydrogen-bond acceptors (Lipinski definition) is 3. The second-order valence-electron chi connectivity index (χ2n) is 8.50. The number of benzene rings is 3. The Labute approximate surface area is 200 Å². The van der Waals surface area contributed by atoms with E-state index in [1.807, 2.05) is 111 Å². The predicted molar refractivity (Wildman–Crippen MR) is 137 cm³/mol. The fraction of sp³-hybridized carbons (Fsp3) is 0.276. The molecule has 0 aliphatic heterocycles. The normalized spacial score (nSPS) is 12.1. The SMILES string of the molecule is CCCn1c(C(C)N(CC)C(=O)C(c2ccccc2)c2ccccc2)nc2ccccc2c1=O. The van der Waals surface area contributed by atoms with Crippen molar-refractivity contribution >= 4 is 16.8 Å². The predicted octanol–water partition coefficient (Wildman–Crippen LogP) is 5.55. The highest BCUT2D eigenvalue weighted by atomic mass is 16.2. The zero-order valence-corrected chi connectivity index (χ0v) is 20.0. The third-order valence-electron chi connectivity index (χ3n) is 6.32. The van der Waals surface area contributed by atoms with Crippen LogP contribution >= 0.6 is 0 Å². The van der Waals surface area contributed by atoms with E-state index in [-0.39, 0.29) is 17.5 Å². The molecule has 0 radical (unpaired) electrons. The van der Waals surface area contributed by atoms with Crippen LogP contribution in [0.5, 0.6) is 0 Å². The molecule has 0 saturated heterocycles. The van der Waals surface area contributed by atoms with Crippen LogP contribution < -0.4 is 5.56 Å². The van der Waals surface area contributed by atoms with Crippen LogP contribution in [0.2, 0.25) is 0 Å². The number of nitrogens with zero attached hydrogens (tertiary/aromatic N) is 3. The number of carbonyl (C=O) groups excluding carboxylic acids is 1. The van der Waals surface area contributed by atoms with Gasteiger partial charge in [-0.25, -0.2) is 4.98 Å². The first-order valence-electron chi connectivity index (χ1n) is 12.0. The van der Waals surface area contributed by atoms with Gasteiger partial charge in [-0.3, -0.25) is 14.2 Å². The lowest BCUT2D eigenvalue weighted by atomic mass is 9.89. The van der Waals surface area contributed by atoms with Gasteiger partial charge in [0.25, 0.3) is 5.56 Å². The summed E-state index contributed by atoms with van der Waals surface area (Å²) in [4.78, 5) is 34.2. The van der Waals surface area contributed by atoms with Gasteiger partial charge in [-0.1, -0.05) is 79.7 Å². The first-order chi connectivity index (χ1) is 16.6. The highest BCUT2D eigenvalue weighted by Crippen LogP contribution is 2.30. The molecule has 0 saturated carbocycles. The Morgan fingerprint density at radius 1 is 0.882 bits per heavy atom. The summed E-state index contributed by atoms with van der Waals surface area (Å²) in [7, 11) is 0. The van der Waals surface area contributed by atoms with Gasteiger partial charge in [0.15, 0.2) is 0 Å². The number of para-hydroxylation sites is 1. The molecule has 5 nitrogen and oxygen atoms in total. The van der Waals surface area contributed by atoms with E-state index in [1.54, 1.807) is 4.57 Å². The van der Waals surface area contributed by atoms with Crippen LogP contribution in [0.4, 0.5) is 0 Å². The molecule has 5 heteroatoms. The van der Waals surface area contributed by atoms with Gasteiger partial charge in [-0.15, -0.1) is 0 Å². The van der Waals surface area contributed by atoms with E-state index in [0.717, 1.165) is 17.5 Å². The van der Waals surface area contributed by atoms with Crippen molar-refractivity contribution in [3.8, 4) is 0 Å². The lowest BCUT2D eigenvalue weighted by Gasteiger charge is -2.33. The summed E-state index contributed by atoms with van der Waals surface area (Å²) >= 11 is 0. The Kier molecular flexibility index (Phi) is 7.21. The minimum Gasteiger partial charge on any atom is -0.332 e. The molecule has 0 spiro atoms. The summed E-state index contributed by atoms with van der Waals surface area (Å²) in [6, 6.07) is 26.8. The average Bonchev–Trinajstić information content (AvgIpc) is 2.87. The molecule has 0 N–H and O–H groups in total. The van der Waals surface area contributed by atoms with Crippen molar-refractivity contribution in [1.82, 2.24) is 14.5 Å². The molecule has 1 aromatic heterocycles. The number of hydrogen-bond donors (Lipinski definition) is 0. The highest BCUT2D eigenvalue weighted by molar-refractivity contribution is 5.87. The molecule has 1 unspecified atom stereocenters. The van der Waals surface area contributed by atoms with Crippen LogP contribution in [-0.4, -0.2) is 26.9 Å². The number of amides is 1. The molecule has 0 bridgehead atoms. The molecule has 3 aromatic carbocycles. The molecule has 0 aliphatic rings. The monoisotopic (exact) mass is 453 g/mol. The topological polar surface area (TPSA) is 55.2 Å². The first-order valence-corrected chi connectivity index (χ1v) is 12.0. The maximum atomic E-state index is 14.1. The van der Waals surface area contributed by atoms with E-state index in [1.165, 1.54) is 0 Å². The van der Waals surface area contributed by atoms with Crippen molar-refractivity contribution in [3.63, 3.8) is 0 Å². The zero-order valence-electron chi connectivity index (χ0n) is 20.0. The van der Waals surface area contributed by atoms with Gasteiger partial charge in [-0.2, -0.15) is 0 Å². The Balaban J connectivity index is 1.81. The van der Waals surface area contributed by atoms with Gasteiger partial charge in [0.05, 0.1) is 22.9 Å². The number of carbonyl (C=O) groups is 1. The Morgan fingerprint density at radius 3 is 2.00 bits per heavy atom. The molecule has 4 aromatic rings. The molecule has 1 heterocycles. The highest BCUT2D eigenvalue weighted by Gasteiger charge is 2.32. The standard InChI is InChI=1S/C29H31N3O2/c1-4-20-32-27(30-25-19-13-12-18-24(25)28(32)33)21(3)31(5-2)29(34)26(22-14-8-6-9-15-22)23-16-10-7-11-17-23/h6-19,21,26H,4-5,20H2,1-3H3. The summed E-state index contributed by atoms with van der Waals surface area (Å²) in [5.74, 6) is 0.190. The minimum absolute atomic E-state index is 0.00199. The maximum absolute atomic E-state index is 14.1. The summed E-state index contributed by atoms with van der Waals surface area (Å²) in [6.45, 7) is 7.05. The maximum Gasteiger partial charge on any atom is 0.261 e. The van der Waals surface area contributed by atoms with E-state index in [2.05, 4.69) is 0 Å². The van der Waals surface area contributed by atoms with Gasteiger partial charge in [0, 0.05) is 13.1 Å². The summed E-state index contributed by atoms with van der Waals surface area (Å²) in [5, 5.41) is 0.604. The van der Waals surface area contributed by atoms with Gasteiger partial charge in [0.2, 0.25) is 5.91 Å². The number of likely N-dealkylation sites (N-methyl/N-ethyl adjacent to an activating group) is 1. The Bertz CT molecular complexity index is 1280. The Hall–Kier alpha value is -3.73. The number of aromatic nitrogens is 2. The molecular weight excluding hydrogens is 422 g/mol. The first kappa shape index (κ1) is 23.4. The second-order valence-corrected chi connectivity index (χ2v) is 8.50. The van der Waals surface area contributed by atoms with E-state index in [9.17, 15) is 9.59 Å². The van der Waals surface area contributed by atoms with Crippen LogP contribution in [0, 0.1) is 0 Å². The molecule has 34 heavy (non-hydrogen) atoms. The fourth-order valence-electron chi connectivity index (χ4n) is 4.64. The third-order valence-corrected chi connectivity index (χ3v) is 6.32. The minimum atomic E-state index is -0.434. The van der Waals surface area contributed by atoms with Gasteiger partial charge in [-0.05, 0) is 43.5 Å². The van der Waals surface area contributed by atoms with Crippen LogP contribution in [0.3, 0.4) is 0 Å². The van der Waals surface area contributed by atoms with Crippen molar-refractivity contribution < 1.29 is 4.79 Å².